The Balaban J connectivity index is 1.93. The number of likely N-dealkylation sites (tertiary alicyclic amines) is 1. The molecule has 0 bridgehead atoms. The molecular weight excluding hydrogens is 1340 g/mol. The minimum Gasteiger partial charge on any atom is -0.391 e. The number of likely N-dealkylation sites (N-methyl/N-ethyl adjacent to an activating group) is 7. The molecule has 2 aromatic carbocycles. The van der Waals surface area contributed by atoms with Gasteiger partial charge in [0.2, 0.25) is 82.7 Å². The maximum atomic E-state index is 15.6. The number of aliphatic hydroxyl groups excluding tert-OH is 1. The average molecular weight is 1460 g/mol. The molecule has 2 fully saturated rings. The standard InChI is InChI=1S/C75H118N14O15/c1-43(2)36-54-65(94)79-56(74(103)86(18)58(40-53-32-26-22-27-33-53)66(95)77-47(9)70(99)89-34-28-23-29-35-89)41-60(91)82(14)49(11)71(100)87(19)59(38-45(5)6)75(104)83(15)48(10)64(93)81-62(51(13)90)68(97)76-42-61(92)88(20)63(46(7)8)69(98)80-55(39-52-30-24-21-25-31-52)73(102)84(16)50(12)72(101)85(17)57(37-44(3)4)67(96)78-54/h21-22,24-27,30-33,43-51,54-59,62-63,90H,23,28-29,34-42H2,1-20H3,(H,76,97)(H,77,95)(H,78,96)(H,79,94)(H,80,98)(H,81,93)/t47-,48-,49-,50-,51+,54-,55-,56-,57-,58-,59-,62-,63-/m0/s1. The first kappa shape index (κ1) is 87.4. The fourth-order valence-electron chi connectivity index (χ4n) is 12.9. The normalized spacial score (nSPS) is 24.9. The summed E-state index contributed by atoms with van der Waals surface area (Å²) in [6, 6.07) is 0.895. The fraction of sp³-hybridized carbons (Fsp3) is 0.653. The first-order valence-corrected chi connectivity index (χ1v) is 36.3. The van der Waals surface area contributed by atoms with Crippen LogP contribution in [-0.2, 0) is 80.0 Å². The Morgan fingerprint density at radius 1 is 0.519 bits per heavy atom. The van der Waals surface area contributed by atoms with E-state index in [1.807, 2.05) is 13.8 Å². The summed E-state index contributed by atoms with van der Waals surface area (Å²) in [5.74, 6) is -12.4. The van der Waals surface area contributed by atoms with Gasteiger partial charge in [0, 0.05) is 75.3 Å². The Bertz CT molecular complexity index is 3310. The van der Waals surface area contributed by atoms with Gasteiger partial charge in [-0.05, 0) is 108 Å². The van der Waals surface area contributed by atoms with Crippen molar-refractivity contribution in [2.24, 2.45) is 23.7 Å². The number of nitrogens with zero attached hydrogens (tertiary/aromatic N) is 8. The molecule has 29 heteroatoms. The summed E-state index contributed by atoms with van der Waals surface area (Å²) in [7, 11) is 9.35. The minimum atomic E-state index is -1.83. The van der Waals surface area contributed by atoms with Crippen molar-refractivity contribution < 1.29 is 72.2 Å². The van der Waals surface area contributed by atoms with Gasteiger partial charge in [0.1, 0.15) is 72.5 Å². The molecule has 2 aliphatic heterocycles. The quantitative estimate of drug-likeness (QED) is 0.118. The van der Waals surface area contributed by atoms with E-state index in [0.29, 0.717) is 24.2 Å². The van der Waals surface area contributed by atoms with E-state index >= 15 is 19.2 Å². The second kappa shape index (κ2) is 40.3. The van der Waals surface area contributed by atoms with Crippen LogP contribution < -0.4 is 31.9 Å². The zero-order chi connectivity index (χ0) is 78.5. The molecule has 0 aromatic heterocycles. The summed E-state index contributed by atoms with van der Waals surface area (Å²) in [6.45, 7) is 21.4. The van der Waals surface area contributed by atoms with E-state index in [2.05, 4.69) is 31.9 Å². The number of hydrogen-bond acceptors (Lipinski definition) is 15. The molecule has 104 heavy (non-hydrogen) atoms. The summed E-state index contributed by atoms with van der Waals surface area (Å²) in [5.41, 5.74) is 1.24. The van der Waals surface area contributed by atoms with Gasteiger partial charge in [0.05, 0.1) is 19.1 Å². The number of rotatable bonds is 17. The predicted molar refractivity (Wildman–Crippen MR) is 391 cm³/mol. The lowest BCUT2D eigenvalue weighted by Gasteiger charge is -2.37. The summed E-state index contributed by atoms with van der Waals surface area (Å²) in [5, 5.41) is 27.0. The number of carbonyl (C=O) groups excluding carboxylic acids is 14. The van der Waals surface area contributed by atoms with E-state index < -0.39 is 174 Å². The first-order chi connectivity index (χ1) is 48.6. The number of hydrogen-bond donors (Lipinski definition) is 7. The Labute approximate surface area is 614 Å². The summed E-state index contributed by atoms with van der Waals surface area (Å²) >= 11 is 0. The van der Waals surface area contributed by atoms with Crippen LogP contribution in [0, 0.1) is 23.7 Å². The van der Waals surface area contributed by atoms with Crippen LogP contribution >= 0.6 is 0 Å². The molecule has 7 N–H and O–H groups in total. The molecular formula is C75H118N14O15. The lowest BCUT2D eigenvalue weighted by atomic mass is 9.98. The third kappa shape index (κ3) is 24.3. The molecule has 0 unspecified atom stereocenters. The van der Waals surface area contributed by atoms with Crippen molar-refractivity contribution in [1.82, 2.24) is 71.1 Å². The molecule has 4 rings (SSSR count). The highest BCUT2D eigenvalue weighted by atomic mass is 16.3. The monoisotopic (exact) mass is 1450 g/mol. The van der Waals surface area contributed by atoms with Gasteiger partial charge in [-0.25, -0.2) is 0 Å². The second-order valence-corrected chi connectivity index (χ2v) is 29.7. The zero-order valence-corrected chi connectivity index (χ0v) is 64.8. The van der Waals surface area contributed by atoms with Crippen LogP contribution in [0.5, 0.6) is 0 Å². The van der Waals surface area contributed by atoms with E-state index in [1.165, 1.54) is 81.9 Å². The number of nitrogens with one attached hydrogen (secondary N) is 6. The van der Waals surface area contributed by atoms with Gasteiger partial charge in [0.25, 0.3) is 0 Å². The number of piperidine rings is 1. The first-order valence-electron chi connectivity index (χ1n) is 36.3. The van der Waals surface area contributed by atoms with Crippen LogP contribution in [0.25, 0.3) is 0 Å². The van der Waals surface area contributed by atoms with Crippen molar-refractivity contribution in [3.8, 4) is 0 Å². The Morgan fingerprint density at radius 3 is 1.55 bits per heavy atom. The van der Waals surface area contributed by atoms with Crippen LogP contribution in [0.2, 0.25) is 0 Å². The minimum absolute atomic E-state index is 0.0412. The van der Waals surface area contributed by atoms with Crippen molar-refractivity contribution in [1.29, 1.82) is 0 Å². The van der Waals surface area contributed by atoms with Gasteiger partial charge in [-0.3, -0.25) is 67.1 Å². The van der Waals surface area contributed by atoms with Gasteiger partial charge in [0.15, 0.2) is 0 Å². The smallest absolute Gasteiger partial charge is 0.246 e. The molecule has 14 amide bonds. The molecule has 0 aliphatic carbocycles. The molecule has 13 atom stereocenters. The lowest BCUT2D eigenvalue weighted by Crippen LogP contribution is -2.62. The maximum Gasteiger partial charge on any atom is 0.246 e. The highest BCUT2D eigenvalue weighted by Gasteiger charge is 2.43. The number of benzene rings is 2. The largest absolute Gasteiger partial charge is 0.391 e. The zero-order valence-electron chi connectivity index (χ0n) is 64.8. The van der Waals surface area contributed by atoms with Crippen molar-refractivity contribution >= 4 is 82.7 Å². The van der Waals surface area contributed by atoms with Crippen molar-refractivity contribution in [2.45, 2.75) is 226 Å². The van der Waals surface area contributed by atoms with E-state index in [-0.39, 0.29) is 55.8 Å². The molecule has 29 nitrogen and oxygen atoms in total. The van der Waals surface area contributed by atoms with E-state index in [0.717, 1.165) is 48.7 Å². The molecule has 0 spiro atoms. The maximum absolute atomic E-state index is 15.6. The molecule has 0 radical (unpaired) electrons. The molecule has 0 saturated carbocycles. The van der Waals surface area contributed by atoms with Gasteiger partial charge >= 0.3 is 0 Å². The van der Waals surface area contributed by atoms with Crippen molar-refractivity contribution in [2.75, 3.05) is 69.0 Å². The predicted octanol–water partition coefficient (Wildman–Crippen LogP) is 1.47. The summed E-state index contributed by atoms with van der Waals surface area (Å²) in [4.78, 5) is 215. The third-order valence-electron chi connectivity index (χ3n) is 19.7. The molecule has 2 heterocycles. The van der Waals surface area contributed by atoms with Crippen molar-refractivity contribution in [3.63, 3.8) is 0 Å². The molecule has 2 aliphatic rings. The van der Waals surface area contributed by atoms with Gasteiger partial charge in [-0.15, -0.1) is 0 Å². The average Bonchev–Trinajstić information content (AvgIpc) is 0.819. The number of carbonyl (C=O) groups is 14. The SMILES string of the molecule is CC(C)C[C@@H]1NC(=O)[C@H](CC(C)C)N(C)C(=O)[C@H](C)N(C)C(=O)[C@H](Cc2ccccc2)NC(=O)[C@H](C(C)C)N(C)C(=O)CNC(=O)[C@H]([C@@H](C)O)NC(=O)[C@H](C)N(C)C(=O)[C@H](CC(C)C)N(C)C(=O)[C@H](C)N(C)C(=O)C[C@@H](C(=O)N(C)[C@@H](Cc2ccccc2)C(=O)N[C@@H](C)C(=O)N2CCCCC2)NC1=O. The topological polar surface area (TPSA) is 357 Å². The van der Waals surface area contributed by atoms with E-state index in [1.54, 1.807) is 114 Å². The van der Waals surface area contributed by atoms with E-state index in [9.17, 15) is 53.1 Å². The van der Waals surface area contributed by atoms with Crippen LogP contribution in [0.4, 0.5) is 0 Å². The number of amides is 14. The molecule has 2 saturated heterocycles. The Morgan fingerprint density at radius 2 is 1.02 bits per heavy atom. The summed E-state index contributed by atoms with van der Waals surface area (Å²) < 4.78 is 0. The highest BCUT2D eigenvalue weighted by Crippen LogP contribution is 2.22. The van der Waals surface area contributed by atoms with Crippen molar-refractivity contribution in [3.05, 3.63) is 71.8 Å². The van der Waals surface area contributed by atoms with Gasteiger partial charge in [-0.2, -0.15) is 0 Å². The second-order valence-electron chi connectivity index (χ2n) is 29.7. The Kier molecular flexibility index (Phi) is 33.9. The summed E-state index contributed by atoms with van der Waals surface area (Å²) in [6.07, 6.45) is -0.00309. The van der Waals surface area contributed by atoms with Gasteiger partial charge < -0.3 is 76.2 Å². The molecule has 578 valence electrons. The van der Waals surface area contributed by atoms with Crippen LogP contribution in [0.15, 0.2) is 60.7 Å². The number of aliphatic hydroxyl groups is 1. The Hall–Kier alpha value is -9.02. The lowest BCUT2D eigenvalue weighted by molar-refractivity contribution is -0.152. The highest BCUT2D eigenvalue weighted by molar-refractivity contribution is 6.01. The van der Waals surface area contributed by atoms with Crippen LogP contribution in [-0.4, -0.2) is 275 Å². The van der Waals surface area contributed by atoms with Gasteiger partial charge in [-0.1, -0.05) is 116 Å². The fourth-order valence-corrected chi connectivity index (χ4v) is 12.9. The van der Waals surface area contributed by atoms with E-state index in [4.69, 9.17) is 0 Å². The van der Waals surface area contributed by atoms with Crippen LogP contribution in [0.1, 0.15) is 146 Å². The van der Waals surface area contributed by atoms with Crippen LogP contribution in [0.3, 0.4) is 0 Å². The molecule has 2 aromatic rings. The third-order valence-corrected chi connectivity index (χ3v) is 19.7.